The Bertz CT molecular complexity index is 744. The van der Waals surface area contributed by atoms with Crippen molar-refractivity contribution in [1.29, 1.82) is 0 Å². The predicted octanol–water partition coefficient (Wildman–Crippen LogP) is 2.26. The number of halogens is 1. The Hall–Kier alpha value is -2.09. The van der Waals surface area contributed by atoms with Gasteiger partial charge >= 0.3 is 5.69 Å². The van der Waals surface area contributed by atoms with Gasteiger partial charge in [0.05, 0.1) is 5.75 Å². The summed E-state index contributed by atoms with van der Waals surface area (Å²) in [6, 6.07) is 6.22. The Morgan fingerprint density at radius 2 is 2.21 bits per heavy atom. The molecule has 0 unspecified atom stereocenters. The number of aromatic nitrogens is 3. The Morgan fingerprint density at radius 3 is 2.88 bits per heavy atom. The first-order valence-electron chi connectivity index (χ1n) is 7.85. The van der Waals surface area contributed by atoms with E-state index < -0.39 is 0 Å². The van der Waals surface area contributed by atoms with Crippen molar-refractivity contribution in [2.24, 2.45) is 0 Å². The van der Waals surface area contributed by atoms with E-state index in [2.05, 4.69) is 10.2 Å². The van der Waals surface area contributed by atoms with E-state index in [0.717, 1.165) is 12.0 Å². The Morgan fingerprint density at radius 1 is 1.42 bits per heavy atom. The van der Waals surface area contributed by atoms with Crippen molar-refractivity contribution in [1.82, 2.24) is 19.7 Å². The van der Waals surface area contributed by atoms with Gasteiger partial charge < -0.3 is 4.90 Å². The van der Waals surface area contributed by atoms with Gasteiger partial charge in [-0.2, -0.15) is 0 Å². The number of hydrogen-bond donors (Lipinski definition) is 1. The molecule has 1 aromatic carbocycles. The first-order valence-corrected chi connectivity index (χ1v) is 8.84. The van der Waals surface area contributed by atoms with Gasteiger partial charge in [-0.3, -0.25) is 9.36 Å². The van der Waals surface area contributed by atoms with Gasteiger partial charge in [0.2, 0.25) is 5.91 Å². The monoisotopic (exact) mass is 352 g/mol. The van der Waals surface area contributed by atoms with Crippen LogP contribution in [0.4, 0.5) is 4.39 Å². The minimum absolute atomic E-state index is 0.0785. The molecule has 0 radical (unpaired) electrons. The van der Waals surface area contributed by atoms with Crippen molar-refractivity contribution < 1.29 is 9.18 Å². The van der Waals surface area contributed by atoms with E-state index in [1.807, 2.05) is 13.8 Å². The summed E-state index contributed by atoms with van der Waals surface area (Å²) in [5.74, 6) is -0.215. The van der Waals surface area contributed by atoms with Crippen LogP contribution in [-0.4, -0.2) is 37.9 Å². The molecular weight excluding hydrogens is 331 g/mol. The third kappa shape index (κ3) is 4.70. The van der Waals surface area contributed by atoms with E-state index in [9.17, 15) is 14.0 Å². The van der Waals surface area contributed by atoms with E-state index in [0.29, 0.717) is 24.8 Å². The van der Waals surface area contributed by atoms with Crippen LogP contribution in [0.3, 0.4) is 0 Å². The van der Waals surface area contributed by atoms with Crippen LogP contribution < -0.4 is 5.69 Å². The second-order valence-electron chi connectivity index (χ2n) is 5.29. The van der Waals surface area contributed by atoms with Gasteiger partial charge in [-0.05, 0) is 31.0 Å². The number of carbonyl (C=O) groups excluding carboxylic acids is 1. The lowest BCUT2D eigenvalue weighted by Gasteiger charge is -2.20. The van der Waals surface area contributed by atoms with Gasteiger partial charge in [-0.15, -0.1) is 5.10 Å². The van der Waals surface area contributed by atoms with Crippen molar-refractivity contribution >= 4 is 17.7 Å². The average Bonchev–Trinajstić information content (AvgIpc) is 2.91. The highest BCUT2D eigenvalue weighted by Crippen LogP contribution is 2.15. The van der Waals surface area contributed by atoms with Crippen LogP contribution in [0.25, 0.3) is 0 Å². The summed E-state index contributed by atoms with van der Waals surface area (Å²) >= 11 is 1.23. The minimum Gasteiger partial charge on any atom is -0.338 e. The van der Waals surface area contributed by atoms with Crippen LogP contribution in [0.2, 0.25) is 0 Å². The van der Waals surface area contributed by atoms with E-state index in [4.69, 9.17) is 0 Å². The Kier molecular flexibility index (Phi) is 6.60. The molecule has 0 spiro atoms. The zero-order valence-electron chi connectivity index (χ0n) is 13.8. The van der Waals surface area contributed by atoms with Crippen LogP contribution in [0.1, 0.15) is 25.8 Å². The topological polar surface area (TPSA) is 71.0 Å². The maximum absolute atomic E-state index is 13.3. The van der Waals surface area contributed by atoms with Gasteiger partial charge in [0.15, 0.2) is 5.16 Å². The van der Waals surface area contributed by atoms with Crippen molar-refractivity contribution in [2.45, 2.75) is 38.5 Å². The molecule has 2 rings (SSSR count). The summed E-state index contributed by atoms with van der Waals surface area (Å²) in [5.41, 5.74) is 0.483. The van der Waals surface area contributed by atoms with Crippen molar-refractivity contribution in [3.63, 3.8) is 0 Å². The molecule has 0 aliphatic carbocycles. The van der Waals surface area contributed by atoms with Crippen LogP contribution in [0, 0.1) is 5.82 Å². The molecule has 0 saturated heterocycles. The van der Waals surface area contributed by atoms with Crippen molar-refractivity contribution in [3.8, 4) is 0 Å². The lowest BCUT2D eigenvalue weighted by molar-refractivity contribution is -0.128. The molecule has 0 saturated carbocycles. The van der Waals surface area contributed by atoms with Crippen LogP contribution in [-0.2, 0) is 17.9 Å². The number of nitrogens with one attached hydrogen (secondary N) is 1. The average molecular weight is 352 g/mol. The fourth-order valence-electron chi connectivity index (χ4n) is 2.28. The fraction of sp³-hybridized carbons (Fsp3) is 0.438. The molecule has 2 aromatic rings. The SMILES string of the molecule is CCCn1c(SCC(=O)N(CC)Cc2cccc(F)c2)n[nH]c1=O. The van der Waals surface area contributed by atoms with E-state index >= 15 is 0 Å². The molecule has 24 heavy (non-hydrogen) atoms. The zero-order chi connectivity index (χ0) is 17.5. The quantitative estimate of drug-likeness (QED) is 0.740. The van der Waals surface area contributed by atoms with E-state index in [1.54, 1.807) is 17.0 Å². The standard InChI is InChI=1S/C16H21FN4O2S/c1-3-8-21-15(23)18-19-16(21)24-11-14(22)20(4-2)10-12-6-5-7-13(17)9-12/h5-7,9H,3-4,8,10-11H2,1-2H3,(H,18,23). The number of amides is 1. The molecular formula is C16H21FN4O2S. The second-order valence-corrected chi connectivity index (χ2v) is 6.23. The molecule has 1 heterocycles. The molecule has 1 amide bonds. The highest BCUT2D eigenvalue weighted by atomic mass is 32.2. The summed E-state index contributed by atoms with van der Waals surface area (Å²) in [5, 5.41) is 6.87. The van der Waals surface area contributed by atoms with Crippen LogP contribution in [0.15, 0.2) is 34.2 Å². The number of benzene rings is 1. The third-order valence-electron chi connectivity index (χ3n) is 3.49. The molecule has 1 N–H and O–H groups in total. The van der Waals surface area contributed by atoms with Crippen molar-refractivity contribution in [2.75, 3.05) is 12.3 Å². The maximum Gasteiger partial charge on any atom is 0.343 e. The summed E-state index contributed by atoms with van der Waals surface area (Å²) in [7, 11) is 0. The van der Waals surface area contributed by atoms with Gasteiger partial charge in [-0.25, -0.2) is 14.3 Å². The second kappa shape index (κ2) is 8.68. The molecule has 0 aliphatic heterocycles. The summed E-state index contributed by atoms with van der Waals surface area (Å²) in [6.07, 6.45) is 0.807. The van der Waals surface area contributed by atoms with Crippen LogP contribution >= 0.6 is 11.8 Å². The molecule has 130 valence electrons. The van der Waals surface area contributed by atoms with Gasteiger partial charge in [0.1, 0.15) is 5.82 Å². The first-order chi connectivity index (χ1) is 11.5. The van der Waals surface area contributed by atoms with Crippen molar-refractivity contribution in [3.05, 3.63) is 46.1 Å². The molecule has 0 aliphatic rings. The highest BCUT2D eigenvalue weighted by Gasteiger charge is 2.15. The third-order valence-corrected chi connectivity index (χ3v) is 4.45. The molecule has 6 nitrogen and oxygen atoms in total. The summed E-state index contributed by atoms with van der Waals surface area (Å²) in [6.45, 7) is 5.29. The molecule has 1 aromatic heterocycles. The minimum atomic E-state index is -0.314. The number of hydrogen-bond acceptors (Lipinski definition) is 4. The summed E-state index contributed by atoms with van der Waals surface area (Å²) in [4.78, 5) is 25.7. The van der Waals surface area contributed by atoms with Gasteiger partial charge in [0.25, 0.3) is 0 Å². The molecule has 0 atom stereocenters. The number of aromatic amines is 1. The zero-order valence-corrected chi connectivity index (χ0v) is 14.6. The van der Waals surface area contributed by atoms with Crippen LogP contribution in [0.5, 0.6) is 0 Å². The van der Waals surface area contributed by atoms with Gasteiger partial charge in [-0.1, -0.05) is 30.8 Å². The predicted molar refractivity (Wildman–Crippen MR) is 91.4 cm³/mol. The maximum atomic E-state index is 13.3. The smallest absolute Gasteiger partial charge is 0.338 e. The number of H-pyrrole nitrogens is 1. The number of thioether (sulfide) groups is 1. The number of nitrogens with zero attached hydrogens (tertiary/aromatic N) is 3. The van der Waals surface area contributed by atoms with E-state index in [1.165, 1.54) is 28.5 Å². The van der Waals surface area contributed by atoms with Gasteiger partial charge in [0, 0.05) is 19.6 Å². The molecule has 0 fully saturated rings. The fourth-order valence-corrected chi connectivity index (χ4v) is 3.16. The largest absolute Gasteiger partial charge is 0.343 e. The molecule has 8 heteroatoms. The lowest BCUT2D eigenvalue weighted by Crippen LogP contribution is -2.32. The first kappa shape index (κ1) is 18.3. The Labute approximate surface area is 144 Å². The Balaban J connectivity index is 1.98. The normalized spacial score (nSPS) is 10.8. The molecule has 0 bridgehead atoms. The summed E-state index contributed by atoms with van der Waals surface area (Å²) < 4.78 is 14.8. The number of rotatable bonds is 8. The number of carbonyl (C=O) groups is 1. The highest BCUT2D eigenvalue weighted by molar-refractivity contribution is 7.99. The lowest BCUT2D eigenvalue weighted by atomic mass is 10.2. The van der Waals surface area contributed by atoms with E-state index in [-0.39, 0.29) is 23.2 Å².